The van der Waals surface area contributed by atoms with Crippen LogP contribution in [0.25, 0.3) is 11.4 Å². The van der Waals surface area contributed by atoms with E-state index in [0.717, 1.165) is 35.5 Å². The second-order valence-corrected chi connectivity index (χ2v) is 6.30. The Kier molecular flexibility index (Phi) is 2.94. The number of aromatic nitrogens is 3. The maximum Gasteiger partial charge on any atom is 0.182 e. The lowest BCUT2D eigenvalue weighted by molar-refractivity contribution is -0.145. The minimum absolute atomic E-state index is 0.187. The van der Waals surface area contributed by atoms with Gasteiger partial charge in [-0.2, -0.15) is 0 Å². The van der Waals surface area contributed by atoms with Gasteiger partial charge in [0.05, 0.1) is 18.9 Å². The fraction of sp³-hybridized carbons (Fsp3) is 0.471. The first-order chi connectivity index (χ1) is 10.6. The van der Waals surface area contributed by atoms with Crippen molar-refractivity contribution in [1.29, 1.82) is 0 Å². The van der Waals surface area contributed by atoms with Crippen molar-refractivity contribution >= 4 is 0 Å². The summed E-state index contributed by atoms with van der Waals surface area (Å²) in [5, 5.41) is 8.78. The average Bonchev–Trinajstić information content (AvgIpc) is 2.54. The summed E-state index contributed by atoms with van der Waals surface area (Å²) in [7, 11) is 1.66. The van der Waals surface area contributed by atoms with E-state index < -0.39 is 0 Å². The molecule has 22 heavy (non-hydrogen) atoms. The van der Waals surface area contributed by atoms with E-state index in [1.54, 1.807) is 7.11 Å². The van der Waals surface area contributed by atoms with Crippen LogP contribution in [-0.4, -0.2) is 28.4 Å². The summed E-state index contributed by atoms with van der Waals surface area (Å²) in [6.45, 7) is 4.22. The topological polar surface area (TPSA) is 57.1 Å². The molecule has 1 saturated heterocycles. The van der Waals surface area contributed by atoms with Gasteiger partial charge in [0.25, 0.3) is 0 Å². The second-order valence-electron chi connectivity index (χ2n) is 6.30. The maximum absolute atomic E-state index is 6.12. The van der Waals surface area contributed by atoms with Gasteiger partial charge in [0, 0.05) is 11.5 Å². The highest BCUT2D eigenvalue weighted by atomic mass is 16.5. The molecule has 114 valence electrons. The van der Waals surface area contributed by atoms with Crippen LogP contribution in [0.3, 0.4) is 0 Å². The van der Waals surface area contributed by atoms with Crippen LogP contribution >= 0.6 is 0 Å². The number of hydrogen-bond acceptors (Lipinski definition) is 5. The van der Waals surface area contributed by atoms with Gasteiger partial charge in [0.2, 0.25) is 0 Å². The van der Waals surface area contributed by atoms with E-state index in [1.165, 1.54) is 0 Å². The van der Waals surface area contributed by atoms with Gasteiger partial charge in [-0.3, -0.25) is 0 Å². The zero-order valence-corrected chi connectivity index (χ0v) is 13.0. The summed E-state index contributed by atoms with van der Waals surface area (Å²) in [4.78, 5) is 4.82. The molecule has 3 atom stereocenters. The molecule has 0 amide bonds. The Labute approximate surface area is 129 Å². The average molecular weight is 297 g/mol. The SMILES string of the molecule is COc1ccc(-c2nnc3c(n2)C2CCC3(C)OC2C)cc1. The zero-order chi connectivity index (χ0) is 15.3. The van der Waals surface area contributed by atoms with Gasteiger partial charge in [-0.1, -0.05) is 0 Å². The first-order valence-corrected chi connectivity index (χ1v) is 7.68. The maximum atomic E-state index is 6.12. The van der Waals surface area contributed by atoms with E-state index in [0.29, 0.717) is 11.7 Å². The Hall–Kier alpha value is -2.01. The summed E-state index contributed by atoms with van der Waals surface area (Å²) in [5.41, 5.74) is 2.60. The van der Waals surface area contributed by atoms with Gasteiger partial charge in [-0.25, -0.2) is 4.98 Å². The Bertz CT molecular complexity index is 716. The number of nitrogens with zero attached hydrogens (tertiary/aromatic N) is 3. The van der Waals surface area contributed by atoms with E-state index in [9.17, 15) is 0 Å². The van der Waals surface area contributed by atoms with Crippen molar-refractivity contribution in [3.8, 4) is 17.1 Å². The molecule has 1 aromatic carbocycles. The molecule has 5 nitrogen and oxygen atoms in total. The summed E-state index contributed by atoms with van der Waals surface area (Å²) in [6.07, 6.45) is 2.28. The van der Waals surface area contributed by atoms with Crippen molar-refractivity contribution in [2.24, 2.45) is 0 Å². The minimum Gasteiger partial charge on any atom is -0.497 e. The molecule has 3 unspecified atom stereocenters. The third-order valence-electron chi connectivity index (χ3n) is 4.86. The Balaban J connectivity index is 1.78. The van der Waals surface area contributed by atoms with Crippen molar-refractivity contribution in [3.63, 3.8) is 0 Å². The van der Waals surface area contributed by atoms with Gasteiger partial charge in [0.1, 0.15) is 17.0 Å². The molecule has 2 aliphatic heterocycles. The minimum atomic E-state index is -0.331. The monoisotopic (exact) mass is 297 g/mol. The van der Waals surface area contributed by atoms with Gasteiger partial charge in [-0.15, -0.1) is 10.2 Å². The van der Waals surface area contributed by atoms with Crippen LogP contribution in [0.15, 0.2) is 24.3 Å². The van der Waals surface area contributed by atoms with E-state index in [2.05, 4.69) is 24.0 Å². The predicted octanol–water partition coefficient (Wildman–Crippen LogP) is 3.06. The van der Waals surface area contributed by atoms with Crippen molar-refractivity contribution < 1.29 is 9.47 Å². The molecule has 2 bridgehead atoms. The summed E-state index contributed by atoms with van der Waals surface area (Å²) in [5.74, 6) is 1.82. The quantitative estimate of drug-likeness (QED) is 0.852. The van der Waals surface area contributed by atoms with Crippen LogP contribution in [0.5, 0.6) is 5.75 Å². The Morgan fingerprint density at radius 1 is 1.23 bits per heavy atom. The van der Waals surface area contributed by atoms with Crippen LogP contribution in [0, 0.1) is 0 Å². The molecular formula is C17H19N3O2. The number of benzene rings is 1. The highest BCUT2D eigenvalue weighted by molar-refractivity contribution is 5.56. The number of methoxy groups -OCH3 is 1. The highest BCUT2D eigenvalue weighted by Crippen LogP contribution is 2.50. The summed E-state index contributed by atoms with van der Waals surface area (Å²) in [6, 6.07) is 7.75. The molecule has 5 heteroatoms. The number of rotatable bonds is 2. The Morgan fingerprint density at radius 2 is 2.00 bits per heavy atom. The van der Waals surface area contributed by atoms with E-state index in [1.807, 2.05) is 24.3 Å². The second kappa shape index (κ2) is 4.74. The van der Waals surface area contributed by atoms with Crippen molar-refractivity contribution in [2.75, 3.05) is 7.11 Å². The molecule has 0 N–H and O–H groups in total. The number of hydrogen-bond donors (Lipinski definition) is 0. The van der Waals surface area contributed by atoms with Crippen molar-refractivity contribution in [1.82, 2.24) is 15.2 Å². The highest BCUT2D eigenvalue weighted by Gasteiger charge is 2.49. The third-order valence-corrected chi connectivity index (χ3v) is 4.86. The van der Waals surface area contributed by atoms with Crippen molar-refractivity contribution in [3.05, 3.63) is 35.7 Å². The molecule has 1 aliphatic carbocycles. The van der Waals surface area contributed by atoms with Crippen molar-refractivity contribution in [2.45, 2.75) is 44.3 Å². The molecule has 2 aromatic rings. The molecule has 5 rings (SSSR count). The van der Waals surface area contributed by atoms with Crippen LogP contribution < -0.4 is 4.74 Å². The molecule has 0 spiro atoms. The summed E-state index contributed by atoms with van der Waals surface area (Å²) >= 11 is 0. The lowest BCUT2D eigenvalue weighted by Crippen LogP contribution is -2.46. The number of fused-ring (bicyclic) bond motifs is 2. The molecule has 0 saturated carbocycles. The largest absolute Gasteiger partial charge is 0.497 e. The van der Waals surface area contributed by atoms with Gasteiger partial charge >= 0.3 is 0 Å². The standard InChI is InChI=1S/C17H19N3O2/c1-10-13-8-9-17(2,22-10)15-14(13)18-16(20-19-15)11-4-6-12(21-3)7-5-11/h4-7,10,13H,8-9H2,1-3H3. The van der Waals surface area contributed by atoms with E-state index in [-0.39, 0.29) is 11.7 Å². The first kappa shape index (κ1) is 13.6. The molecule has 1 fully saturated rings. The fourth-order valence-electron chi connectivity index (χ4n) is 3.59. The molecular weight excluding hydrogens is 278 g/mol. The van der Waals surface area contributed by atoms with Gasteiger partial charge in [0.15, 0.2) is 5.82 Å². The number of ether oxygens (including phenoxy) is 2. The smallest absolute Gasteiger partial charge is 0.182 e. The zero-order valence-electron chi connectivity index (χ0n) is 13.0. The van der Waals surface area contributed by atoms with Crippen LogP contribution in [0.4, 0.5) is 0 Å². The summed E-state index contributed by atoms with van der Waals surface area (Å²) < 4.78 is 11.3. The van der Waals surface area contributed by atoms with E-state index in [4.69, 9.17) is 14.5 Å². The van der Waals surface area contributed by atoms with Crippen LogP contribution in [-0.2, 0) is 10.3 Å². The van der Waals surface area contributed by atoms with Crippen LogP contribution in [0.2, 0.25) is 0 Å². The predicted molar refractivity (Wildman–Crippen MR) is 81.7 cm³/mol. The normalized spacial score (nSPS) is 29.2. The molecule has 1 aromatic heterocycles. The first-order valence-electron chi connectivity index (χ1n) is 7.68. The lowest BCUT2D eigenvalue weighted by atomic mass is 9.74. The Morgan fingerprint density at radius 3 is 2.68 bits per heavy atom. The lowest BCUT2D eigenvalue weighted by Gasteiger charge is -2.47. The van der Waals surface area contributed by atoms with Crippen LogP contribution in [0.1, 0.15) is 44.0 Å². The van der Waals surface area contributed by atoms with E-state index >= 15 is 0 Å². The molecule has 3 heterocycles. The molecule has 0 radical (unpaired) electrons. The van der Waals surface area contributed by atoms with Gasteiger partial charge in [-0.05, 0) is 51.0 Å². The third kappa shape index (κ3) is 1.92. The fourth-order valence-corrected chi connectivity index (χ4v) is 3.59. The van der Waals surface area contributed by atoms with Gasteiger partial charge < -0.3 is 9.47 Å². The molecule has 3 aliphatic rings.